The smallest absolute Gasteiger partial charge is 0.228 e. The maximum Gasteiger partial charge on any atom is 0.228 e. The number of benzene rings is 1. The van der Waals surface area contributed by atoms with Crippen LogP contribution in [0.5, 0.6) is 0 Å². The number of hydrogen-bond donors (Lipinski definition) is 0. The van der Waals surface area contributed by atoms with Crippen molar-refractivity contribution in [2.24, 2.45) is 0 Å². The first kappa shape index (κ1) is 18.4. The zero-order valence-electron chi connectivity index (χ0n) is 16.3. The maximum atomic E-state index is 12.7. The zero-order chi connectivity index (χ0) is 19.5. The van der Waals surface area contributed by atoms with Crippen molar-refractivity contribution in [3.05, 3.63) is 53.9 Å². The molecular formula is C21H25N5O2. The van der Waals surface area contributed by atoms with E-state index in [4.69, 9.17) is 4.52 Å². The van der Waals surface area contributed by atoms with Crippen LogP contribution in [-0.4, -0.2) is 66.1 Å². The zero-order valence-corrected chi connectivity index (χ0v) is 16.3. The molecule has 2 aromatic heterocycles. The molecule has 7 heteroatoms. The number of piperazine rings is 1. The topological polar surface area (TPSA) is 65.7 Å². The molecule has 0 N–H and O–H groups in total. The fourth-order valence-corrected chi connectivity index (χ4v) is 3.57. The fraction of sp³-hybridized carbons (Fsp3) is 0.381. The third kappa shape index (κ3) is 3.99. The summed E-state index contributed by atoms with van der Waals surface area (Å²) in [6, 6.07) is 11.8. The summed E-state index contributed by atoms with van der Waals surface area (Å²) in [5.74, 6) is 1.06. The van der Waals surface area contributed by atoms with Crippen LogP contribution in [0.2, 0.25) is 0 Å². The van der Waals surface area contributed by atoms with E-state index in [1.807, 2.05) is 49.5 Å². The normalized spacial score (nSPS) is 14.8. The van der Waals surface area contributed by atoms with Crippen molar-refractivity contribution in [2.45, 2.75) is 13.0 Å². The van der Waals surface area contributed by atoms with Gasteiger partial charge in [0.15, 0.2) is 5.58 Å². The summed E-state index contributed by atoms with van der Waals surface area (Å²) in [5.41, 5.74) is 2.63. The van der Waals surface area contributed by atoms with Crippen molar-refractivity contribution < 1.29 is 9.32 Å². The average Bonchev–Trinajstić information content (AvgIpc) is 3.11. The van der Waals surface area contributed by atoms with Gasteiger partial charge in [-0.25, -0.2) is 4.98 Å². The summed E-state index contributed by atoms with van der Waals surface area (Å²) in [6.07, 6.45) is 2.21. The van der Waals surface area contributed by atoms with E-state index in [2.05, 4.69) is 32.1 Å². The molecule has 0 aliphatic carbocycles. The predicted molar refractivity (Wildman–Crippen MR) is 108 cm³/mol. The standard InChI is InChI=1S/C21H25N5O2/c1-24(2)15-16-7-8-20(22-14-16)25-9-11-26(12-10-25)21(27)13-18-17-5-3-4-6-19(17)28-23-18/h3-8,14H,9-13,15H2,1-2H3. The number of carbonyl (C=O) groups excluding carboxylic acids is 1. The lowest BCUT2D eigenvalue weighted by Crippen LogP contribution is -2.49. The number of hydrogen-bond acceptors (Lipinski definition) is 6. The van der Waals surface area contributed by atoms with Gasteiger partial charge in [0.25, 0.3) is 0 Å². The minimum absolute atomic E-state index is 0.0907. The molecule has 4 rings (SSSR count). The average molecular weight is 379 g/mol. The Morgan fingerprint density at radius 1 is 1.11 bits per heavy atom. The predicted octanol–water partition coefficient (Wildman–Crippen LogP) is 2.18. The number of pyridine rings is 1. The van der Waals surface area contributed by atoms with Crippen LogP contribution in [0.3, 0.4) is 0 Å². The van der Waals surface area contributed by atoms with Crippen LogP contribution < -0.4 is 4.90 Å². The molecule has 1 fully saturated rings. The van der Waals surface area contributed by atoms with E-state index in [1.54, 1.807) is 0 Å². The highest BCUT2D eigenvalue weighted by atomic mass is 16.5. The Balaban J connectivity index is 1.34. The Hall–Kier alpha value is -2.93. The van der Waals surface area contributed by atoms with E-state index in [-0.39, 0.29) is 12.3 Å². The minimum Gasteiger partial charge on any atom is -0.356 e. The molecule has 1 aliphatic heterocycles. The second-order valence-electron chi connectivity index (χ2n) is 7.43. The van der Waals surface area contributed by atoms with E-state index < -0.39 is 0 Å². The number of rotatable bonds is 5. The minimum atomic E-state index is 0.0907. The van der Waals surface area contributed by atoms with Crippen LogP contribution in [0.25, 0.3) is 11.0 Å². The lowest BCUT2D eigenvalue weighted by molar-refractivity contribution is -0.130. The van der Waals surface area contributed by atoms with Gasteiger partial charge in [-0.1, -0.05) is 23.4 Å². The summed E-state index contributed by atoms with van der Waals surface area (Å²) < 4.78 is 5.31. The van der Waals surface area contributed by atoms with E-state index in [0.717, 1.165) is 36.4 Å². The highest BCUT2D eigenvalue weighted by Crippen LogP contribution is 2.20. The maximum absolute atomic E-state index is 12.7. The van der Waals surface area contributed by atoms with E-state index in [1.165, 1.54) is 5.56 Å². The van der Waals surface area contributed by atoms with E-state index >= 15 is 0 Å². The summed E-state index contributed by atoms with van der Waals surface area (Å²) >= 11 is 0. The molecule has 146 valence electrons. The highest BCUT2D eigenvalue weighted by Gasteiger charge is 2.23. The largest absolute Gasteiger partial charge is 0.356 e. The number of para-hydroxylation sites is 1. The van der Waals surface area contributed by atoms with Gasteiger partial charge in [0, 0.05) is 44.3 Å². The highest BCUT2D eigenvalue weighted by molar-refractivity contribution is 5.86. The number of fused-ring (bicyclic) bond motifs is 1. The Bertz CT molecular complexity index is 943. The monoisotopic (exact) mass is 379 g/mol. The third-order valence-electron chi connectivity index (χ3n) is 5.04. The molecule has 0 bridgehead atoms. The van der Waals surface area contributed by atoms with Gasteiger partial charge in [0.1, 0.15) is 11.5 Å². The van der Waals surface area contributed by atoms with Gasteiger partial charge in [-0.3, -0.25) is 4.79 Å². The Kier molecular flexibility index (Phi) is 5.25. The summed E-state index contributed by atoms with van der Waals surface area (Å²) in [4.78, 5) is 23.6. The van der Waals surface area contributed by atoms with Crippen LogP contribution in [0.1, 0.15) is 11.3 Å². The Morgan fingerprint density at radius 3 is 2.61 bits per heavy atom. The lowest BCUT2D eigenvalue weighted by Gasteiger charge is -2.35. The Morgan fingerprint density at radius 2 is 1.89 bits per heavy atom. The van der Waals surface area contributed by atoms with Crippen molar-refractivity contribution in [2.75, 3.05) is 45.2 Å². The second kappa shape index (κ2) is 7.98. The van der Waals surface area contributed by atoms with Gasteiger partial charge >= 0.3 is 0 Å². The molecular weight excluding hydrogens is 354 g/mol. The SMILES string of the molecule is CN(C)Cc1ccc(N2CCN(C(=O)Cc3noc4ccccc34)CC2)nc1. The van der Waals surface area contributed by atoms with E-state index in [0.29, 0.717) is 18.8 Å². The van der Waals surface area contributed by atoms with Crippen molar-refractivity contribution in [3.63, 3.8) is 0 Å². The molecule has 7 nitrogen and oxygen atoms in total. The number of amides is 1. The van der Waals surface area contributed by atoms with Crippen molar-refractivity contribution >= 4 is 22.7 Å². The lowest BCUT2D eigenvalue weighted by atomic mass is 10.1. The molecule has 3 heterocycles. The molecule has 0 atom stereocenters. The molecule has 1 aromatic carbocycles. The second-order valence-corrected chi connectivity index (χ2v) is 7.43. The van der Waals surface area contributed by atoms with Crippen molar-refractivity contribution in [1.82, 2.24) is 19.9 Å². The van der Waals surface area contributed by atoms with Crippen LogP contribution in [0.4, 0.5) is 5.82 Å². The van der Waals surface area contributed by atoms with Gasteiger partial charge in [-0.2, -0.15) is 0 Å². The first-order valence-corrected chi connectivity index (χ1v) is 9.56. The molecule has 0 radical (unpaired) electrons. The number of nitrogens with zero attached hydrogens (tertiary/aromatic N) is 5. The van der Waals surface area contributed by atoms with Gasteiger partial charge in [-0.05, 0) is 37.9 Å². The first-order valence-electron chi connectivity index (χ1n) is 9.56. The third-order valence-corrected chi connectivity index (χ3v) is 5.04. The molecule has 1 saturated heterocycles. The molecule has 0 spiro atoms. The van der Waals surface area contributed by atoms with Gasteiger partial charge in [0.05, 0.1) is 6.42 Å². The number of anilines is 1. The number of carbonyl (C=O) groups is 1. The van der Waals surface area contributed by atoms with Gasteiger partial charge in [0.2, 0.25) is 5.91 Å². The quantitative estimate of drug-likeness (QED) is 0.677. The Labute approximate surface area is 164 Å². The van der Waals surface area contributed by atoms with Crippen molar-refractivity contribution in [1.29, 1.82) is 0 Å². The van der Waals surface area contributed by atoms with Crippen LogP contribution in [0.15, 0.2) is 47.1 Å². The summed E-state index contributed by atoms with van der Waals surface area (Å²) in [6.45, 7) is 3.83. The van der Waals surface area contributed by atoms with Crippen LogP contribution in [0, 0.1) is 0 Å². The van der Waals surface area contributed by atoms with Crippen molar-refractivity contribution in [3.8, 4) is 0 Å². The molecule has 1 amide bonds. The molecule has 28 heavy (non-hydrogen) atoms. The molecule has 1 aliphatic rings. The number of aromatic nitrogens is 2. The van der Waals surface area contributed by atoms with Gasteiger partial charge in [-0.15, -0.1) is 0 Å². The van der Waals surface area contributed by atoms with Crippen LogP contribution in [-0.2, 0) is 17.8 Å². The van der Waals surface area contributed by atoms with Crippen LogP contribution >= 0.6 is 0 Å². The fourth-order valence-electron chi connectivity index (χ4n) is 3.57. The van der Waals surface area contributed by atoms with E-state index in [9.17, 15) is 4.79 Å². The summed E-state index contributed by atoms with van der Waals surface area (Å²) in [5, 5.41) is 4.99. The summed E-state index contributed by atoms with van der Waals surface area (Å²) in [7, 11) is 4.10. The first-order chi connectivity index (χ1) is 13.6. The molecule has 0 saturated carbocycles. The molecule has 3 aromatic rings. The van der Waals surface area contributed by atoms with Gasteiger partial charge < -0.3 is 19.2 Å². The molecule has 0 unspecified atom stereocenters.